The zero-order valence-corrected chi connectivity index (χ0v) is 9.02. The first-order chi connectivity index (χ1) is 6.66. The Labute approximate surface area is 92.7 Å². The van der Waals surface area contributed by atoms with Crippen LogP contribution in [0.5, 0.6) is 0 Å². The summed E-state index contributed by atoms with van der Waals surface area (Å²) in [5, 5.41) is 1.05. The third-order valence-corrected chi connectivity index (χ3v) is 2.82. The summed E-state index contributed by atoms with van der Waals surface area (Å²) in [5.41, 5.74) is 6.64. The zero-order chi connectivity index (χ0) is 10.1. The Bertz CT molecular complexity index is 384. The van der Waals surface area contributed by atoms with Gasteiger partial charge in [-0.05, 0) is 31.0 Å². The predicted molar refractivity (Wildman–Crippen MR) is 60.2 cm³/mol. The van der Waals surface area contributed by atoms with Gasteiger partial charge in [0.15, 0.2) is 0 Å². The molecule has 1 aliphatic rings. The van der Waals surface area contributed by atoms with E-state index in [1.54, 1.807) is 12.1 Å². The maximum atomic E-state index is 5.87. The average Bonchev–Trinajstić information content (AvgIpc) is 2.93. The highest BCUT2D eigenvalue weighted by Crippen LogP contribution is 2.25. The number of nitrogens with zero attached hydrogens (tertiary/aromatic N) is 1. The summed E-state index contributed by atoms with van der Waals surface area (Å²) in [5.74, 6) is 0.547. The Morgan fingerprint density at radius 1 is 1.29 bits per heavy atom. The number of amidine groups is 1. The second-order valence-corrected chi connectivity index (χ2v) is 4.19. The van der Waals surface area contributed by atoms with Crippen LogP contribution in [0.25, 0.3) is 0 Å². The summed E-state index contributed by atoms with van der Waals surface area (Å²) in [4.78, 5) is 4.32. The van der Waals surface area contributed by atoms with Crippen molar-refractivity contribution in [3.63, 3.8) is 0 Å². The van der Waals surface area contributed by atoms with Crippen LogP contribution in [0.15, 0.2) is 23.2 Å². The fraction of sp³-hybridized carbons (Fsp3) is 0.300. The number of nitrogens with two attached hydrogens (primary N) is 1. The number of hydrogen-bond donors (Lipinski definition) is 1. The number of halogens is 2. The minimum absolute atomic E-state index is 0.421. The molecule has 2 nitrogen and oxygen atoms in total. The van der Waals surface area contributed by atoms with Gasteiger partial charge in [0, 0.05) is 5.56 Å². The van der Waals surface area contributed by atoms with Crippen LogP contribution < -0.4 is 5.73 Å². The molecule has 14 heavy (non-hydrogen) atoms. The molecule has 0 radical (unpaired) electrons. The molecule has 1 aromatic rings. The minimum Gasteiger partial charge on any atom is -0.383 e. The van der Waals surface area contributed by atoms with Gasteiger partial charge in [-0.25, -0.2) is 0 Å². The van der Waals surface area contributed by atoms with Gasteiger partial charge in [-0.3, -0.25) is 4.99 Å². The average molecular weight is 229 g/mol. The van der Waals surface area contributed by atoms with E-state index in [0.717, 1.165) is 18.4 Å². The van der Waals surface area contributed by atoms with Gasteiger partial charge in [-0.1, -0.05) is 23.2 Å². The lowest BCUT2D eigenvalue weighted by molar-refractivity contribution is 1.06. The van der Waals surface area contributed by atoms with E-state index in [-0.39, 0.29) is 0 Å². The van der Waals surface area contributed by atoms with Crippen LogP contribution in [-0.2, 0) is 0 Å². The summed E-state index contributed by atoms with van der Waals surface area (Å²) >= 11 is 11.7. The van der Waals surface area contributed by atoms with Crippen molar-refractivity contribution in [1.82, 2.24) is 0 Å². The molecule has 0 atom stereocenters. The molecular weight excluding hydrogens is 219 g/mol. The molecule has 0 aromatic heterocycles. The maximum Gasteiger partial charge on any atom is 0.125 e. The number of benzene rings is 1. The summed E-state index contributed by atoms with van der Waals surface area (Å²) in [7, 11) is 0. The van der Waals surface area contributed by atoms with Gasteiger partial charge in [0.2, 0.25) is 0 Å². The van der Waals surface area contributed by atoms with E-state index in [9.17, 15) is 0 Å². The third-order valence-electron chi connectivity index (χ3n) is 2.08. The Hall–Kier alpha value is -0.730. The normalized spacial score (nSPS) is 17.1. The lowest BCUT2D eigenvalue weighted by Gasteiger charge is -2.02. The molecule has 0 aliphatic heterocycles. The van der Waals surface area contributed by atoms with Crippen molar-refractivity contribution < 1.29 is 0 Å². The standard InChI is InChI=1S/C10H10Cl2N2/c11-8-4-1-6(5-9(8)12)10(13)14-7-2-3-7/h1,4-5,7H,2-3H2,(H2,13,14). The van der Waals surface area contributed by atoms with Crippen molar-refractivity contribution in [3.05, 3.63) is 33.8 Å². The maximum absolute atomic E-state index is 5.87. The van der Waals surface area contributed by atoms with Crippen LogP contribution in [0.4, 0.5) is 0 Å². The SMILES string of the molecule is NC(=NC1CC1)c1ccc(Cl)c(Cl)c1. The van der Waals surface area contributed by atoms with Crippen molar-refractivity contribution in [3.8, 4) is 0 Å². The molecule has 0 spiro atoms. The van der Waals surface area contributed by atoms with E-state index in [2.05, 4.69) is 4.99 Å². The van der Waals surface area contributed by atoms with Crippen LogP contribution in [0.3, 0.4) is 0 Å². The van der Waals surface area contributed by atoms with E-state index in [1.807, 2.05) is 6.07 Å². The quantitative estimate of drug-likeness (QED) is 0.614. The van der Waals surface area contributed by atoms with E-state index in [4.69, 9.17) is 28.9 Å². The second-order valence-electron chi connectivity index (χ2n) is 3.37. The predicted octanol–water partition coefficient (Wildman–Crippen LogP) is 2.86. The van der Waals surface area contributed by atoms with E-state index < -0.39 is 0 Å². The molecule has 1 saturated carbocycles. The summed E-state index contributed by atoms with van der Waals surface area (Å²) in [6.45, 7) is 0. The lowest BCUT2D eigenvalue weighted by Crippen LogP contribution is -2.14. The van der Waals surface area contributed by atoms with Crippen LogP contribution in [0.1, 0.15) is 18.4 Å². The Morgan fingerprint density at radius 3 is 2.57 bits per heavy atom. The Kier molecular flexibility index (Phi) is 2.66. The van der Waals surface area contributed by atoms with Crippen molar-refractivity contribution in [2.45, 2.75) is 18.9 Å². The van der Waals surface area contributed by atoms with Crippen molar-refractivity contribution in [1.29, 1.82) is 0 Å². The first kappa shape index (κ1) is 9.81. The topological polar surface area (TPSA) is 38.4 Å². The second kappa shape index (κ2) is 3.79. The van der Waals surface area contributed by atoms with Crippen molar-refractivity contribution >= 4 is 29.0 Å². The molecule has 1 aromatic carbocycles. The highest BCUT2D eigenvalue weighted by molar-refractivity contribution is 6.42. The van der Waals surface area contributed by atoms with Gasteiger partial charge < -0.3 is 5.73 Å². The Morgan fingerprint density at radius 2 is 2.00 bits per heavy atom. The van der Waals surface area contributed by atoms with Crippen LogP contribution in [0.2, 0.25) is 10.0 Å². The molecule has 0 amide bonds. The highest BCUT2D eigenvalue weighted by Gasteiger charge is 2.20. The van der Waals surface area contributed by atoms with Crippen LogP contribution >= 0.6 is 23.2 Å². The molecule has 2 N–H and O–H groups in total. The van der Waals surface area contributed by atoms with Gasteiger partial charge >= 0.3 is 0 Å². The van der Waals surface area contributed by atoms with Gasteiger partial charge in [-0.15, -0.1) is 0 Å². The van der Waals surface area contributed by atoms with E-state index >= 15 is 0 Å². The summed E-state index contributed by atoms with van der Waals surface area (Å²) in [6.07, 6.45) is 2.28. The van der Waals surface area contributed by atoms with Gasteiger partial charge in [-0.2, -0.15) is 0 Å². The monoisotopic (exact) mass is 228 g/mol. The van der Waals surface area contributed by atoms with Crippen molar-refractivity contribution in [2.75, 3.05) is 0 Å². The molecule has 1 aliphatic carbocycles. The lowest BCUT2D eigenvalue weighted by atomic mass is 10.2. The molecule has 0 bridgehead atoms. The molecular formula is C10H10Cl2N2. The molecule has 74 valence electrons. The molecule has 4 heteroatoms. The fourth-order valence-electron chi connectivity index (χ4n) is 1.13. The van der Waals surface area contributed by atoms with Crippen LogP contribution in [0, 0.1) is 0 Å². The Balaban J connectivity index is 2.27. The number of rotatable bonds is 2. The van der Waals surface area contributed by atoms with Gasteiger partial charge in [0.25, 0.3) is 0 Å². The van der Waals surface area contributed by atoms with Crippen molar-refractivity contribution in [2.24, 2.45) is 10.7 Å². The van der Waals surface area contributed by atoms with Gasteiger partial charge in [0.1, 0.15) is 5.84 Å². The minimum atomic E-state index is 0.421. The third kappa shape index (κ3) is 2.20. The van der Waals surface area contributed by atoms with Gasteiger partial charge in [0.05, 0.1) is 16.1 Å². The summed E-state index contributed by atoms with van der Waals surface area (Å²) < 4.78 is 0. The van der Waals surface area contributed by atoms with E-state index in [0.29, 0.717) is 21.9 Å². The number of hydrogen-bond acceptors (Lipinski definition) is 1. The smallest absolute Gasteiger partial charge is 0.125 e. The number of aliphatic imine (C=N–C) groups is 1. The molecule has 1 fully saturated rings. The first-order valence-corrected chi connectivity index (χ1v) is 5.21. The summed E-state index contributed by atoms with van der Waals surface area (Å²) in [6, 6.07) is 5.72. The fourth-order valence-corrected chi connectivity index (χ4v) is 1.43. The molecule has 0 heterocycles. The molecule has 2 rings (SSSR count). The van der Waals surface area contributed by atoms with E-state index in [1.165, 1.54) is 0 Å². The molecule has 0 unspecified atom stereocenters. The molecule has 0 saturated heterocycles. The zero-order valence-electron chi connectivity index (χ0n) is 7.50. The van der Waals surface area contributed by atoms with Crippen LogP contribution in [-0.4, -0.2) is 11.9 Å². The first-order valence-electron chi connectivity index (χ1n) is 4.45. The highest BCUT2D eigenvalue weighted by atomic mass is 35.5. The largest absolute Gasteiger partial charge is 0.383 e.